The Morgan fingerprint density at radius 3 is 2.50 bits per heavy atom. The van der Waals surface area contributed by atoms with E-state index in [9.17, 15) is 8.42 Å². The fraction of sp³-hybridized carbons (Fsp3) is 0.500. The summed E-state index contributed by atoms with van der Waals surface area (Å²) in [6.07, 6.45) is 1.37. The largest absolute Gasteiger partial charge is 0.300 e. The summed E-state index contributed by atoms with van der Waals surface area (Å²) in [5.41, 5.74) is -0.567. The van der Waals surface area contributed by atoms with Crippen LogP contribution in [0.4, 0.5) is 5.82 Å². The number of nitrogens with one attached hydrogen (secondary N) is 2. The highest BCUT2D eigenvalue weighted by molar-refractivity contribution is 7.90. The summed E-state index contributed by atoms with van der Waals surface area (Å²) in [6.45, 7) is 5.21. The summed E-state index contributed by atoms with van der Waals surface area (Å²) in [5, 5.41) is -0.0176. The second kappa shape index (κ2) is 4.52. The Kier molecular flexibility index (Phi) is 3.72. The van der Waals surface area contributed by atoms with Gasteiger partial charge in [0.15, 0.2) is 0 Å². The summed E-state index contributed by atoms with van der Waals surface area (Å²) in [5.74, 6) is 0.122. The van der Waals surface area contributed by atoms with Crippen LogP contribution in [0.2, 0.25) is 5.28 Å². The molecule has 1 aromatic heterocycles. The third-order valence-corrected chi connectivity index (χ3v) is 2.85. The van der Waals surface area contributed by atoms with Crippen molar-refractivity contribution in [1.82, 2.24) is 14.7 Å². The Labute approximate surface area is 99.6 Å². The molecule has 1 rings (SSSR count). The molecule has 0 fully saturated rings. The van der Waals surface area contributed by atoms with Gasteiger partial charge in [-0.15, -0.1) is 0 Å². The predicted octanol–water partition coefficient (Wildman–Crippen LogP) is 1.17. The fourth-order valence-electron chi connectivity index (χ4n) is 0.958. The van der Waals surface area contributed by atoms with E-state index in [2.05, 4.69) is 19.4 Å². The molecule has 0 aliphatic carbocycles. The molecule has 0 unspecified atom stereocenters. The zero-order valence-electron chi connectivity index (χ0n) is 9.15. The van der Waals surface area contributed by atoms with Crippen LogP contribution in [0.3, 0.4) is 0 Å². The van der Waals surface area contributed by atoms with Gasteiger partial charge in [0.2, 0.25) is 5.28 Å². The third kappa shape index (κ3) is 4.73. The van der Waals surface area contributed by atoms with Crippen molar-refractivity contribution in [2.75, 3.05) is 4.72 Å². The van der Waals surface area contributed by atoms with Crippen LogP contribution in [-0.2, 0) is 10.2 Å². The predicted molar refractivity (Wildman–Crippen MR) is 62.5 cm³/mol. The van der Waals surface area contributed by atoms with Crippen molar-refractivity contribution < 1.29 is 8.42 Å². The van der Waals surface area contributed by atoms with Gasteiger partial charge in [0.25, 0.3) is 0 Å². The van der Waals surface area contributed by atoms with E-state index in [1.54, 1.807) is 20.8 Å². The van der Waals surface area contributed by atoms with Crippen LogP contribution in [0.25, 0.3) is 0 Å². The van der Waals surface area contributed by atoms with E-state index >= 15 is 0 Å². The highest BCUT2D eigenvalue weighted by Crippen LogP contribution is 2.09. The molecule has 0 aromatic carbocycles. The van der Waals surface area contributed by atoms with Crippen LogP contribution in [0.1, 0.15) is 20.8 Å². The van der Waals surface area contributed by atoms with Crippen molar-refractivity contribution in [2.24, 2.45) is 0 Å². The highest BCUT2D eigenvalue weighted by atomic mass is 35.5. The summed E-state index contributed by atoms with van der Waals surface area (Å²) in [4.78, 5) is 7.36. The second-order valence-electron chi connectivity index (χ2n) is 4.17. The molecule has 8 heteroatoms. The number of nitrogens with zero attached hydrogens (tertiary/aromatic N) is 2. The minimum atomic E-state index is -3.66. The molecule has 0 atom stereocenters. The fourth-order valence-corrected chi connectivity index (χ4v) is 2.35. The topological polar surface area (TPSA) is 84.0 Å². The standard InChI is InChI=1S/C8H13ClN4O2S/c1-8(2,3)13-16(14,15)12-6-4-5-10-7(9)11-6/h4-5,13H,1-3H3,(H,10,11,12). The number of anilines is 1. The first-order valence-electron chi connectivity index (χ1n) is 4.48. The lowest BCUT2D eigenvalue weighted by Crippen LogP contribution is -2.43. The van der Waals surface area contributed by atoms with Crippen LogP contribution in [0, 0.1) is 0 Å². The number of hydrogen-bond donors (Lipinski definition) is 2. The third-order valence-electron chi connectivity index (χ3n) is 1.31. The molecule has 0 aliphatic heterocycles. The van der Waals surface area contributed by atoms with E-state index in [0.717, 1.165) is 0 Å². The van der Waals surface area contributed by atoms with Crippen molar-refractivity contribution in [3.05, 3.63) is 17.5 Å². The van der Waals surface area contributed by atoms with Gasteiger partial charge in [-0.3, -0.25) is 4.72 Å². The Hall–Kier alpha value is -0.920. The molecule has 1 aromatic rings. The minimum absolute atomic E-state index is 0.0176. The van der Waals surface area contributed by atoms with Gasteiger partial charge in [-0.2, -0.15) is 18.1 Å². The molecule has 0 saturated heterocycles. The van der Waals surface area contributed by atoms with Gasteiger partial charge in [0, 0.05) is 11.7 Å². The molecule has 0 radical (unpaired) electrons. The lowest BCUT2D eigenvalue weighted by Gasteiger charge is -2.20. The number of aromatic nitrogens is 2. The SMILES string of the molecule is CC(C)(C)NS(=O)(=O)Nc1ccnc(Cl)n1. The van der Waals surface area contributed by atoms with Crippen molar-refractivity contribution >= 4 is 27.6 Å². The van der Waals surface area contributed by atoms with Crippen molar-refractivity contribution in [3.8, 4) is 0 Å². The van der Waals surface area contributed by atoms with Crippen LogP contribution < -0.4 is 9.44 Å². The van der Waals surface area contributed by atoms with E-state index in [0.29, 0.717) is 0 Å². The van der Waals surface area contributed by atoms with Crippen LogP contribution >= 0.6 is 11.6 Å². The molecule has 6 nitrogen and oxygen atoms in total. The molecule has 0 saturated carbocycles. The van der Waals surface area contributed by atoms with E-state index in [1.165, 1.54) is 12.3 Å². The van der Waals surface area contributed by atoms with E-state index in [-0.39, 0.29) is 11.1 Å². The zero-order chi connectivity index (χ0) is 12.4. The molecule has 16 heavy (non-hydrogen) atoms. The first-order chi connectivity index (χ1) is 7.18. The van der Waals surface area contributed by atoms with Gasteiger partial charge in [0.05, 0.1) is 0 Å². The Morgan fingerprint density at radius 2 is 2.00 bits per heavy atom. The molecular weight excluding hydrogens is 252 g/mol. The van der Waals surface area contributed by atoms with Gasteiger partial charge in [-0.1, -0.05) is 0 Å². The second-order valence-corrected chi connectivity index (χ2v) is 5.92. The first kappa shape index (κ1) is 13.1. The van der Waals surface area contributed by atoms with Crippen LogP contribution in [-0.4, -0.2) is 23.9 Å². The van der Waals surface area contributed by atoms with Gasteiger partial charge in [-0.25, -0.2) is 4.98 Å². The lowest BCUT2D eigenvalue weighted by atomic mass is 10.1. The quantitative estimate of drug-likeness (QED) is 0.803. The van der Waals surface area contributed by atoms with Crippen LogP contribution in [0.5, 0.6) is 0 Å². The zero-order valence-corrected chi connectivity index (χ0v) is 10.7. The molecule has 1 heterocycles. The maximum atomic E-state index is 11.6. The van der Waals surface area contributed by atoms with Gasteiger partial charge in [-0.05, 0) is 38.4 Å². The van der Waals surface area contributed by atoms with Crippen LogP contribution in [0.15, 0.2) is 12.3 Å². The summed E-state index contributed by atoms with van der Waals surface area (Å²) < 4.78 is 27.9. The van der Waals surface area contributed by atoms with Crippen molar-refractivity contribution in [3.63, 3.8) is 0 Å². The smallest absolute Gasteiger partial charge is 0.254 e. The van der Waals surface area contributed by atoms with Crippen molar-refractivity contribution in [2.45, 2.75) is 26.3 Å². The first-order valence-corrected chi connectivity index (χ1v) is 6.34. The van der Waals surface area contributed by atoms with Gasteiger partial charge < -0.3 is 0 Å². The summed E-state index contributed by atoms with van der Waals surface area (Å²) in [6, 6.07) is 1.41. The number of halogens is 1. The Balaban J connectivity index is 2.81. The maximum absolute atomic E-state index is 11.6. The van der Waals surface area contributed by atoms with E-state index in [1.807, 2.05) is 0 Å². The molecule has 0 amide bonds. The average molecular weight is 265 g/mol. The molecule has 0 bridgehead atoms. The van der Waals surface area contributed by atoms with Gasteiger partial charge >= 0.3 is 10.2 Å². The van der Waals surface area contributed by atoms with E-state index in [4.69, 9.17) is 11.6 Å². The number of hydrogen-bond acceptors (Lipinski definition) is 4. The summed E-state index contributed by atoms with van der Waals surface area (Å²) >= 11 is 5.53. The number of rotatable bonds is 3. The molecule has 0 aliphatic rings. The normalized spacial score (nSPS) is 12.5. The molecular formula is C8H13ClN4O2S. The van der Waals surface area contributed by atoms with Crippen molar-refractivity contribution in [1.29, 1.82) is 0 Å². The monoisotopic (exact) mass is 264 g/mol. The Bertz CT molecular complexity index is 469. The molecule has 2 N–H and O–H groups in total. The molecule has 90 valence electrons. The lowest BCUT2D eigenvalue weighted by molar-refractivity contribution is 0.494. The Morgan fingerprint density at radius 1 is 1.38 bits per heavy atom. The minimum Gasteiger partial charge on any atom is -0.254 e. The highest BCUT2D eigenvalue weighted by Gasteiger charge is 2.19. The summed E-state index contributed by atoms with van der Waals surface area (Å²) in [7, 11) is -3.66. The average Bonchev–Trinajstić information content (AvgIpc) is 1.96. The van der Waals surface area contributed by atoms with E-state index < -0.39 is 15.7 Å². The van der Waals surface area contributed by atoms with Gasteiger partial charge in [0.1, 0.15) is 5.82 Å². The maximum Gasteiger partial charge on any atom is 0.300 e. The molecule has 0 spiro atoms.